The first-order valence-corrected chi connectivity index (χ1v) is 10.8. The van der Waals surface area contributed by atoms with Crippen molar-refractivity contribution in [2.45, 2.75) is 58.0 Å². The second kappa shape index (κ2) is 9.04. The smallest absolute Gasteiger partial charge is 0.336 e. The first-order chi connectivity index (χ1) is 14.6. The molecule has 0 radical (unpaired) electrons. The minimum Gasteiger partial charge on any atom is -0.494 e. The van der Waals surface area contributed by atoms with Crippen LogP contribution in [0.5, 0.6) is 5.75 Å². The molecule has 0 aromatic heterocycles. The molecular weight excluding hydrogens is 382 g/mol. The van der Waals surface area contributed by atoms with Gasteiger partial charge in [0.1, 0.15) is 12.4 Å². The van der Waals surface area contributed by atoms with Crippen LogP contribution in [0.4, 0.5) is 0 Å². The fraction of sp³-hybridized carbons (Fsp3) is 0.500. The summed E-state index contributed by atoms with van der Waals surface area (Å²) in [4.78, 5) is 26.1. The molecular formula is C24H29NO5. The molecule has 2 aliphatic heterocycles. The molecule has 1 aromatic carbocycles. The Balaban J connectivity index is 1.70. The number of carbonyl (C=O) groups excluding carboxylic acids is 2. The Bertz CT molecular complexity index is 895. The SMILES string of the molecule is CCOc1cccc(C2C(C(=O)OCC3CCCO3)=C(C)NC3=C2C(=O)CCC3)c1. The molecule has 1 fully saturated rings. The van der Waals surface area contributed by atoms with E-state index in [9.17, 15) is 9.59 Å². The zero-order chi connectivity index (χ0) is 21.1. The van der Waals surface area contributed by atoms with Crippen LogP contribution >= 0.6 is 0 Å². The molecule has 30 heavy (non-hydrogen) atoms. The average Bonchev–Trinajstić information content (AvgIpc) is 3.25. The molecule has 0 amide bonds. The predicted octanol–water partition coefficient (Wildman–Crippen LogP) is 3.78. The van der Waals surface area contributed by atoms with Crippen LogP contribution in [0.3, 0.4) is 0 Å². The summed E-state index contributed by atoms with van der Waals surface area (Å²) in [5, 5.41) is 3.32. The van der Waals surface area contributed by atoms with Gasteiger partial charge in [0.15, 0.2) is 5.78 Å². The van der Waals surface area contributed by atoms with E-state index >= 15 is 0 Å². The number of benzene rings is 1. The van der Waals surface area contributed by atoms with Crippen molar-refractivity contribution < 1.29 is 23.8 Å². The summed E-state index contributed by atoms with van der Waals surface area (Å²) in [7, 11) is 0. The molecule has 4 rings (SSSR count). The molecule has 6 nitrogen and oxygen atoms in total. The van der Waals surface area contributed by atoms with E-state index in [0.29, 0.717) is 30.8 Å². The first kappa shape index (κ1) is 20.7. The standard InChI is InChI=1S/C24H29NO5/c1-3-28-17-8-4-7-16(13-17)22-21(24(27)30-14-18-9-6-12-29-18)15(2)25-19-10-5-11-20(26)23(19)22/h4,7-8,13,18,22,25H,3,5-6,9-12,14H2,1-2H3. The topological polar surface area (TPSA) is 73.9 Å². The maximum absolute atomic E-state index is 13.2. The molecule has 1 saturated heterocycles. The lowest BCUT2D eigenvalue weighted by atomic mass is 9.75. The number of carbonyl (C=O) groups is 2. The van der Waals surface area contributed by atoms with E-state index in [1.165, 1.54) is 0 Å². The maximum Gasteiger partial charge on any atom is 0.336 e. The van der Waals surface area contributed by atoms with Crippen molar-refractivity contribution in [3.63, 3.8) is 0 Å². The molecule has 1 aromatic rings. The number of Topliss-reactive ketones (excluding diaryl/α,β-unsaturated/α-hetero) is 1. The van der Waals surface area contributed by atoms with Gasteiger partial charge in [-0.05, 0) is 57.2 Å². The lowest BCUT2D eigenvalue weighted by Crippen LogP contribution is -2.35. The summed E-state index contributed by atoms with van der Waals surface area (Å²) >= 11 is 0. The molecule has 2 atom stereocenters. The van der Waals surface area contributed by atoms with Gasteiger partial charge in [0, 0.05) is 35.9 Å². The number of nitrogens with one attached hydrogen (secondary N) is 1. The van der Waals surface area contributed by atoms with E-state index in [-0.39, 0.29) is 18.5 Å². The van der Waals surface area contributed by atoms with Crippen molar-refractivity contribution >= 4 is 11.8 Å². The summed E-state index contributed by atoms with van der Waals surface area (Å²) in [6, 6.07) is 7.66. The van der Waals surface area contributed by atoms with E-state index in [1.807, 2.05) is 38.1 Å². The Morgan fingerprint density at radius 3 is 2.90 bits per heavy atom. The Hall–Kier alpha value is -2.60. The third kappa shape index (κ3) is 4.15. The van der Waals surface area contributed by atoms with Gasteiger partial charge in [0.05, 0.1) is 18.3 Å². The minimum absolute atomic E-state index is 0.0442. The summed E-state index contributed by atoms with van der Waals surface area (Å²) in [5.74, 6) is -0.0326. The van der Waals surface area contributed by atoms with Crippen LogP contribution in [0.15, 0.2) is 46.8 Å². The van der Waals surface area contributed by atoms with Gasteiger partial charge in [-0.25, -0.2) is 4.79 Å². The fourth-order valence-corrected chi connectivity index (χ4v) is 4.56. The molecule has 0 bridgehead atoms. The largest absolute Gasteiger partial charge is 0.494 e. The average molecular weight is 411 g/mol. The number of rotatable bonds is 6. The molecule has 1 aliphatic carbocycles. The van der Waals surface area contributed by atoms with Crippen LogP contribution in [-0.2, 0) is 19.1 Å². The molecule has 0 spiro atoms. The number of hydrogen-bond donors (Lipinski definition) is 1. The van der Waals surface area contributed by atoms with Gasteiger partial charge >= 0.3 is 5.97 Å². The van der Waals surface area contributed by atoms with Gasteiger partial charge in [-0.2, -0.15) is 0 Å². The number of ether oxygens (including phenoxy) is 3. The summed E-state index contributed by atoms with van der Waals surface area (Å²) < 4.78 is 16.9. The maximum atomic E-state index is 13.2. The number of allylic oxidation sites excluding steroid dienone is 3. The van der Waals surface area contributed by atoms with Crippen molar-refractivity contribution in [1.29, 1.82) is 0 Å². The van der Waals surface area contributed by atoms with Crippen molar-refractivity contribution in [2.24, 2.45) is 0 Å². The van der Waals surface area contributed by atoms with E-state index in [2.05, 4.69) is 5.32 Å². The third-order valence-electron chi connectivity index (χ3n) is 5.92. The molecule has 160 valence electrons. The van der Waals surface area contributed by atoms with Crippen LogP contribution in [0.2, 0.25) is 0 Å². The molecule has 3 aliphatic rings. The summed E-state index contributed by atoms with van der Waals surface area (Å²) in [5.41, 5.74) is 3.72. The third-order valence-corrected chi connectivity index (χ3v) is 5.92. The van der Waals surface area contributed by atoms with Crippen LogP contribution in [0.1, 0.15) is 57.4 Å². The zero-order valence-corrected chi connectivity index (χ0v) is 17.7. The van der Waals surface area contributed by atoms with Crippen LogP contribution < -0.4 is 10.1 Å². The van der Waals surface area contributed by atoms with E-state index in [4.69, 9.17) is 14.2 Å². The second-order valence-electron chi connectivity index (χ2n) is 8.00. The van der Waals surface area contributed by atoms with Crippen molar-refractivity contribution in [1.82, 2.24) is 5.32 Å². The number of esters is 1. The second-order valence-corrected chi connectivity index (χ2v) is 8.00. The highest BCUT2D eigenvalue weighted by atomic mass is 16.6. The predicted molar refractivity (Wildman–Crippen MR) is 112 cm³/mol. The first-order valence-electron chi connectivity index (χ1n) is 10.8. The van der Waals surface area contributed by atoms with Gasteiger partial charge in [-0.1, -0.05) is 12.1 Å². The molecule has 6 heteroatoms. The van der Waals surface area contributed by atoms with Crippen molar-refractivity contribution in [3.05, 3.63) is 52.4 Å². The molecule has 1 N–H and O–H groups in total. The quantitative estimate of drug-likeness (QED) is 0.719. The Morgan fingerprint density at radius 1 is 1.27 bits per heavy atom. The van der Waals surface area contributed by atoms with Gasteiger partial charge in [0.2, 0.25) is 0 Å². The van der Waals surface area contributed by atoms with Gasteiger partial charge in [0.25, 0.3) is 0 Å². The Labute approximate surface area is 177 Å². The van der Waals surface area contributed by atoms with E-state index in [0.717, 1.165) is 48.4 Å². The van der Waals surface area contributed by atoms with Gasteiger partial charge in [-0.15, -0.1) is 0 Å². The number of dihydropyridines is 1. The molecule has 0 saturated carbocycles. The lowest BCUT2D eigenvalue weighted by Gasteiger charge is -2.34. The van der Waals surface area contributed by atoms with Crippen LogP contribution in [0.25, 0.3) is 0 Å². The lowest BCUT2D eigenvalue weighted by molar-refractivity contribution is -0.142. The van der Waals surface area contributed by atoms with Gasteiger partial charge in [-0.3, -0.25) is 4.79 Å². The molecule has 2 heterocycles. The molecule has 2 unspecified atom stereocenters. The highest BCUT2D eigenvalue weighted by molar-refractivity contribution is 6.03. The zero-order valence-electron chi connectivity index (χ0n) is 17.7. The van der Waals surface area contributed by atoms with Crippen LogP contribution in [-0.4, -0.2) is 37.7 Å². The van der Waals surface area contributed by atoms with Gasteiger partial charge < -0.3 is 19.5 Å². The summed E-state index contributed by atoms with van der Waals surface area (Å²) in [6.45, 7) is 5.31. The number of ketones is 1. The monoisotopic (exact) mass is 411 g/mol. The van der Waals surface area contributed by atoms with Crippen LogP contribution in [0, 0.1) is 0 Å². The Morgan fingerprint density at radius 2 is 2.13 bits per heavy atom. The fourth-order valence-electron chi connectivity index (χ4n) is 4.56. The summed E-state index contributed by atoms with van der Waals surface area (Å²) in [6.07, 6.45) is 3.97. The van der Waals surface area contributed by atoms with E-state index < -0.39 is 11.9 Å². The highest BCUT2D eigenvalue weighted by Gasteiger charge is 2.39. The Kier molecular flexibility index (Phi) is 6.23. The van der Waals surface area contributed by atoms with Crippen molar-refractivity contribution in [3.8, 4) is 5.75 Å². The van der Waals surface area contributed by atoms with E-state index in [1.54, 1.807) is 0 Å². The normalized spacial score (nSPS) is 23.9. The van der Waals surface area contributed by atoms with Crippen molar-refractivity contribution in [2.75, 3.05) is 19.8 Å². The highest BCUT2D eigenvalue weighted by Crippen LogP contribution is 2.43. The number of hydrogen-bond acceptors (Lipinski definition) is 6. The minimum atomic E-state index is -0.452.